The molecule has 2 nitrogen and oxygen atoms in total. The number of ether oxygens (including phenoxy) is 1. The molecule has 0 heterocycles. The highest BCUT2D eigenvalue weighted by Crippen LogP contribution is 2.32. The van der Waals surface area contributed by atoms with Gasteiger partial charge in [-0.05, 0) is 11.1 Å². The third-order valence-electron chi connectivity index (χ3n) is 1.89. The van der Waals surface area contributed by atoms with E-state index >= 15 is 0 Å². The molecular weight excluding hydrogens is 209 g/mol. The van der Waals surface area contributed by atoms with Gasteiger partial charge in [-0.3, -0.25) is 0 Å². The Morgan fingerprint density at radius 2 is 2.07 bits per heavy atom. The van der Waals surface area contributed by atoms with Crippen LogP contribution in [0.25, 0.3) is 0 Å². The van der Waals surface area contributed by atoms with Gasteiger partial charge in [0, 0.05) is 7.11 Å². The number of alkyl halides is 3. The number of hydrogen-bond donors (Lipinski definition) is 1. The molecule has 0 aliphatic heterocycles. The van der Waals surface area contributed by atoms with Crippen molar-refractivity contribution in [2.24, 2.45) is 0 Å². The second-order valence-electron chi connectivity index (χ2n) is 3.12. The Balaban J connectivity index is 2.90. The first-order chi connectivity index (χ1) is 6.95. The second-order valence-corrected chi connectivity index (χ2v) is 3.12. The topological polar surface area (TPSA) is 29.5 Å². The van der Waals surface area contributed by atoms with E-state index in [9.17, 15) is 13.2 Å². The lowest BCUT2D eigenvalue weighted by Crippen LogP contribution is -2.20. The van der Waals surface area contributed by atoms with E-state index in [-0.39, 0.29) is 12.2 Å². The summed E-state index contributed by atoms with van der Waals surface area (Å²) in [6.07, 6.45) is -7.07. The minimum absolute atomic E-state index is 0.169. The first-order valence-electron chi connectivity index (χ1n) is 4.27. The van der Waals surface area contributed by atoms with Crippen molar-refractivity contribution in [2.75, 3.05) is 7.11 Å². The lowest BCUT2D eigenvalue weighted by atomic mass is 10.1. The Morgan fingerprint density at radius 1 is 1.40 bits per heavy atom. The number of benzene rings is 1. The maximum absolute atomic E-state index is 12.2. The predicted molar refractivity (Wildman–Crippen MR) is 48.2 cm³/mol. The lowest BCUT2D eigenvalue weighted by molar-refractivity contribution is -0.206. The van der Waals surface area contributed by atoms with Gasteiger partial charge in [-0.25, -0.2) is 0 Å². The number of aliphatic hydroxyl groups is 1. The van der Waals surface area contributed by atoms with E-state index in [1.54, 1.807) is 6.07 Å². The number of halogens is 3. The molecule has 0 saturated carbocycles. The van der Waals surface area contributed by atoms with Gasteiger partial charge in [0.25, 0.3) is 0 Å². The van der Waals surface area contributed by atoms with Crippen LogP contribution in [0.3, 0.4) is 0 Å². The van der Waals surface area contributed by atoms with Gasteiger partial charge in [-0.2, -0.15) is 13.2 Å². The summed E-state index contributed by atoms with van der Waals surface area (Å²) in [7, 11) is 1.45. The molecule has 1 rings (SSSR count). The van der Waals surface area contributed by atoms with Crippen molar-refractivity contribution in [1.29, 1.82) is 0 Å². The van der Waals surface area contributed by atoms with Gasteiger partial charge in [-0.1, -0.05) is 24.3 Å². The van der Waals surface area contributed by atoms with Crippen molar-refractivity contribution < 1.29 is 23.0 Å². The van der Waals surface area contributed by atoms with Gasteiger partial charge in [0.05, 0.1) is 6.61 Å². The van der Waals surface area contributed by atoms with E-state index in [4.69, 9.17) is 9.84 Å². The molecule has 0 amide bonds. The molecule has 1 aromatic rings. The highest BCUT2D eigenvalue weighted by atomic mass is 19.4. The average Bonchev–Trinajstić information content (AvgIpc) is 2.16. The van der Waals surface area contributed by atoms with Crippen LogP contribution in [-0.2, 0) is 11.3 Å². The summed E-state index contributed by atoms with van der Waals surface area (Å²) in [5.41, 5.74) is 0.426. The predicted octanol–water partition coefficient (Wildman–Crippen LogP) is 2.43. The summed E-state index contributed by atoms with van der Waals surface area (Å²) in [5, 5.41) is 8.98. The number of hydrogen-bond acceptors (Lipinski definition) is 2. The molecule has 0 aliphatic carbocycles. The summed E-state index contributed by atoms with van der Waals surface area (Å²) in [4.78, 5) is 0. The largest absolute Gasteiger partial charge is 0.418 e. The van der Waals surface area contributed by atoms with Crippen molar-refractivity contribution in [1.82, 2.24) is 0 Å². The van der Waals surface area contributed by atoms with Gasteiger partial charge in [0.1, 0.15) is 0 Å². The Labute approximate surface area is 85.3 Å². The van der Waals surface area contributed by atoms with Crippen molar-refractivity contribution in [2.45, 2.75) is 18.9 Å². The molecule has 0 saturated heterocycles. The van der Waals surface area contributed by atoms with Crippen LogP contribution in [-0.4, -0.2) is 18.4 Å². The fourth-order valence-corrected chi connectivity index (χ4v) is 1.21. The fraction of sp³-hybridized carbons (Fsp3) is 0.400. The van der Waals surface area contributed by atoms with Gasteiger partial charge < -0.3 is 9.84 Å². The van der Waals surface area contributed by atoms with Gasteiger partial charge in [-0.15, -0.1) is 0 Å². The summed E-state index contributed by atoms with van der Waals surface area (Å²) in [5.74, 6) is 0. The summed E-state index contributed by atoms with van der Waals surface area (Å²) in [6.45, 7) is 0.221. The standard InChI is InChI=1S/C10H11F3O2/c1-15-6-7-3-2-4-8(5-7)9(14)10(11,12)13/h2-5,9,14H,6H2,1H3/t9-/m0/s1. The van der Waals surface area contributed by atoms with Gasteiger partial charge in [0.15, 0.2) is 6.10 Å². The maximum Gasteiger partial charge on any atom is 0.418 e. The van der Waals surface area contributed by atoms with Crippen LogP contribution < -0.4 is 0 Å². The molecule has 0 radical (unpaired) electrons. The lowest BCUT2D eigenvalue weighted by Gasteiger charge is -2.15. The van der Waals surface area contributed by atoms with Crippen molar-refractivity contribution in [3.63, 3.8) is 0 Å². The number of methoxy groups -OCH3 is 1. The average molecular weight is 220 g/mol. The van der Waals surface area contributed by atoms with Crippen LogP contribution in [0.15, 0.2) is 24.3 Å². The Kier molecular flexibility index (Phi) is 3.71. The molecule has 1 N–H and O–H groups in total. The van der Waals surface area contributed by atoms with Crippen LogP contribution >= 0.6 is 0 Å². The van der Waals surface area contributed by atoms with Gasteiger partial charge in [0.2, 0.25) is 0 Å². The Hall–Kier alpha value is -1.07. The second kappa shape index (κ2) is 4.63. The van der Waals surface area contributed by atoms with E-state index in [2.05, 4.69) is 0 Å². The minimum Gasteiger partial charge on any atom is -0.380 e. The van der Waals surface area contributed by atoms with Crippen molar-refractivity contribution >= 4 is 0 Å². The molecular formula is C10H11F3O2. The minimum atomic E-state index is -4.63. The highest BCUT2D eigenvalue weighted by Gasteiger charge is 2.39. The molecule has 1 aromatic carbocycles. The molecule has 0 aromatic heterocycles. The molecule has 5 heteroatoms. The number of rotatable bonds is 3. The van der Waals surface area contributed by atoms with E-state index < -0.39 is 12.3 Å². The molecule has 84 valence electrons. The first-order valence-corrected chi connectivity index (χ1v) is 4.27. The quantitative estimate of drug-likeness (QED) is 0.847. The molecule has 0 aliphatic rings. The highest BCUT2D eigenvalue weighted by molar-refractivity contribution is 5.25. The molecule has 0 spiro atoms. The van der Waals surface area contributed by atoms with Crippen LogP contribution in [0, 0.1) is 0 Å². The normalized spacial score (nSPS) is 13.9. The van der Waals surface area contributed by atoms with Crippen LogP contribution in [0.1, 0.15) is 17.2 Å². The molecule has 1 atom stereocenters. The number of aliphatic hydroxyl groups excluding tert-OH is 1. The van der Waals surface area contributed by atoms with E-state index in [1.165, 1.54) is 25.3 Å². The zero-order valence-electron chi connectivity index (χ0n) is 8.08. The van der Waals surface area contributed by atoms with Crippen LogP contribution in [0.2, 0.25) is 0 Å². The summed E-state index contributed by atoms with van der Waals surface area (Å²) in [6, 6.07) is 5.60. The SMILES string of the molecule is COCc1cccc([C@H](O)C(F)(F)F)c1. The Bertz CT molecular complexity index is 323. The van der Waals surface area contributed by atoms with E-state index in [0.717, 1.165) is 0 Å². The van der Waals surface area contributed by atoms with Crippen molar-refractivity contribution in [3.8, 4) is 0 Å². The summed E-state index contributed by atoms with van der Waals surface area (Å²) >= 11 is 0. The van der Waals surface area contributed by atoms with E-state index in [0.29, 0.717) is 5.56 Å². The molecule has 0 fully saturated rings. The maximum atomic E-state index is 12.2. The fourth-order valence-electron chi connectivity index (χ4n) is 1.21. The van der Waals surface area contributed by atoms with Crippen molar-refractivity contribution in [3.05, 3.63) is 35.4 Å². The molecule has 0 unspecified atom stereocenters. The zero-order valence-corrected chi connectivity index (χ0v) is 8.08. The zero-order chi connectivity index (χ0) is 11.5. The van der Waals surface area contributed by atoms with Crippen LogP contribution in [0.5, 0.6) is 0 Å². The van der Waals surface area contributed by atoms with Crippen LogP contribution in [0.4, 0.5) is 13.2 Å². The summed E-state index contributed by atoms with van der Waals surface area (Å²) < 4.78 is 41.3. The molecule has 0 bridgehead atoms. The Morgan fingerprint density at radius 3 is 2.60 bits per heavy atom. The molecule has 15 heavy (non-hydrogen) atoms. The third kappa shape index (κ3) is 3.21. The smallest absolute Gasteiger partial charge is 0.380 e. The first kappa shape index (κ1) is 12.0. The van der Waals surface area contributed by atoms with Gasteiger partial charge >= 0.3 is 6.18 Å². The van der Waals surface area contributed by atoms with E-state index in [1.807, 2.05) is 0 Å². The monoisotopic (exact) mass is 220 g/mol. The third-order valence-corrected chi connectivity index (χ3v) is 1.89.